The smallest absolute Gasteiger partial charge is 0.314 e. The van der Waals surface area contributed by atoms with Crippen LogP contribution in [0.4, 0.5) is 4.79 Å². The maximum Gasteiger partial charge on any atom is 0.314 e. The largest absolute Gasteiger partial charge is 0.497 e. The van der Waals surface area contributed by atoms with Crippen LogP contribution in [-0.2, 0) is 0 Å². The van der Waals surface area contributed by atoms with Crippen molar-refractivity contribution in [3.8, 4) is 11.5 Å². The first-order valence-corrected chi connectivity index (χ1v) is 7.79. The molecule has 3 rings (SSSR count). The molecular formula is C18H22N2O3. The lowest BCUT2D eigenvalue weighted by Crippen LogP contribution is -2.46. The summed E-state index contributed by atoms with van der Waals surface area (Å²) in [5, 5.41) is 7.88. The number of fused-ring (bicyclic) bond motifs is 1. The van der Waals surface area contributed by atoms with Gasteiger partial charge in [-0.2, -0.15) is 0 Å². The van der Waals surface area contributed by atoms with Gasteiger partial charge in [0.05, 0.1) is 14.2 Å². The van der Waals surface area contributed by atoms with Gasteiger partial charge < -0.3 is 20.1 Å². The van der Waals surface area contributed by atoms with Gasteiger partial charge in [0, 0.05) is 18.7 Å². The fourth-order valence-corrected chi connectivity index (χ4v) is 3.26. The Balaban J connectivity index is 1.91. The standard InChI is InChI=1S/C18H22N2O3/c1-19-18(21)20-13-8-12(9-13)17-15-10-14(22-2)6-4-11(15)5-7-16(17)23-3/h4-7,10,12-13H,8-9H2,1-3H3,(H2,19,20,21). The van der Waals surface area contributed by atoms with Crippen LogP contribution in [-0.4, -0.2) is 33.3 Å². The average molecular weight is 314 g/mol. The summed E-state index contributed by atoms with van der Waals surface area (Å²) in [6.45, 7) is 0. The molecule has 0 unspecified atom stereocenters. The van der Waals surface area contributed by atoms with E-state index in [0.29, 0.717) is 5.92 Å². The number of hydrogen-bond acceptors (Lipinski definition) is 3. The van der Waals surface area contributed by atoms with E-state index in [9.17, 15) is 4.79 Å². The van der Waals surface area contributed by atoms with E-state index < -0.39 is 0 Å². The molecule has 0 saturated heterocycles. The Hall–Kier alpha value is -2.43. The molecular weight excluding hydrogens is 292 g/mol. The van der Waals surface area contributed by atoms with E-state index in [0.717, 1.165) is 29.7 Å². The lowest BCUT2D eigenvalue weighted by atomic mass is 9.74. The number of ether oxygens (including phenoxy) is 2. The van der Waals surface area contributed by atoms with E-state index in [-0.39, 0.29) is 12.1 Å². The lowest BCUT2D eigenvalue weighted by Gasteiger charge is -2.37. The van der Waals surface area contributed by atoms with Gasteiger partial charge in [0.15, 0.2) is 0 Å². The normalized spacial score (nSPS) is 19.8. The van der Waals surface area contributed by atoms with Crippen molar-refractivity contribution in [1.29, 1.82) is 0 Å². The minimum atomic E-state index is -0.125. The fraction of sp³-hybridized carbons (Fsp3) is 0.389. The molecule has 0 atom stereocenters. The SMILES string of the molecule is CNC(=O)NC1CC(c2c(OC)ccc3ccc(OC)cc23)C1. The minimum Gasteiger partial charge on any atom is -0.497 e. The molecule has 0 aliphatic heterocycles. The second-order valence-corrected chi connectivity index (χ2v) is 5.86. The summed E-state index contributed by atoms with van der Waals surface area (Å²) in [5.41, 5.74) is 1.21. The second kappa shape index (κ2) is 6.36. The van der Waals surface area contributed by atoms with Gasteiger partial charge >= 0.3 is 6.03 Å². The van der Waals surface area contributed by atoms with Crippen molar-refractivity contribution in [2.75, 3.05) is 21.3 Å². The molecule has 2 aromatic rings. The Morgan fingerprint density at radius 3 is 2.52 bits per heavy atom. The highest BCUT2D eigenvalue weighted by atomic mass is 16.5. The van der Waals surface area contributed by atoms with Crippen LogP contribution < -0.4 is 20.1 Å². The number of hydrogen-bond donors (Lipinski definition) is 2. The molecule has 0 spiro atoms. The summed E-state index contributed by atoms with van der Waals surface area (Å²) < 4.78 is 10.9. The highest BCUT2D eigenvalue weighted by Crippen LogP contribution is 2.45. The van der Waals surface area contributed by atoms with Crippen molar-refractivity contribution in [1.82, 2.24) is 10.6 Å². The van der Waals surface area contributed by atoms with Crippen LogP contribution in [0.15, 0.2) is 30.3 Å². The van der Waals surface area contributed by atoms with E-state index in [1.807, 2.05) is 12.1 Å². The quantitative estimate of drug-likeness (QED) is 0.912. The van der Waals surface area contributed by atoms with Gasteiger partial charge in [-0.3, -0.25) is 0 Å². The molecule has 0 radical (unpaired) electrons. The molecule has 5 nitrogen and oxygen atoms in total. The molecule has 1 fully saturated rings. The highest BCUT2D eigenvalue weighted by molar-refractivity contribution is 5.89. The van der Waals surface area contributed by atoms with Gasteiger partial charge in [0.2, 0.25) is 0 Å². The Bertz CT molecular complexity index is 718. The predicted octanol–water partition coefficient (Wildman–Crippen LogP) is 3.03. The predicted molar refractivity (Wildman–Crippen MR) is 90.4 cm³/mol. The number of amides is 2. The van der Waals surface area contributed by atoms with Gasteiger partial charge in [-0.15, -0.1) is 0 Å². The summed E-state index contributed by atoms with van der Waals surface area (Å²) in [7, 11) is 5.00. The molecule has 2 N–H and O–H groups in total. The van der Waals surface area contributed by atoms with Gasteiger partial charge in [-0.1, -0.05) is 12.1 Å². The Morgan fingerprint density at radius 2 is 1.87 bits per heavy atom. The fourth-order valence-electron chi connectivity index (χ4n) is 3.26. The van der Waals surface area contributed by atoms with Crippen LogP contribution in [0.25, 0.3) is 10.8 Å². The van der Waals surface area contributed by atoms with Crippen LogP contribution in [0.1, 0.15) is 24.3 Å². The monoisotopic (exact) mass is 314 g/mol. The number of carbonyl (C=O) groups is 1. The number of methoxy groups -OCH3 is 2. The van der Waals surface area contributed by atoms with Crippen molar-refractivity contribution >= 4 is 16.8 Å². The summed E-state index contributed by atoms with van der Waals surface area (Å²) in [4.78, 5) is 11.4. The topological polar surface area (TPSA) is 59.6 Å². The maximum atomic E-state index is 11.4. The molecule has 2 aromatic carbocycles. The highest BCUT2D eigenvalue weighted by Gasteiger charge is 2.34. The van der Waals surface area contributed by atoms with Gasteiger partial charge in [-0.25, -0.2) is 4.79 Å². The second-order valence-electron chi connectivity index (χ2n) is 5.86. The van der Waals surface area contributed by atoms with E-state index in [4.69, 9.17) is 9.47 Å². The van der Waals surface area contributed by atoms with Gasteiger partial charge in [0.25, 0.3) is 0 Å². The van der Waals surface area contributed by atoms with Crippen molar-refractivity contribution < 1.29 is 14.3 Å². The third-order valence-electron chi connectivity index (χ3n) is 4.56. The first kappa shape index (κ1) is 15.5. The van der Waals surface area contributed by atoms with Crippen molar-refractivity contribution in [2.24, 2.45) is 0 Å². The zero-order chi connectivity index (χ0) is 16.4. The Kier molecular flexibility index (Phi) is 4.28. The summed E-state index contributed by atoms with van der Waals surface area (Å²) >= 11 is 0. The minimum absolute atomic E-state index is 0.125. The Labute approximate surface area is 136 Å². The van der Waals surface area contributed by atoms with E-state index in [2.05, 4.69) is 28.8 Å². The number of urea groups is 1. The van der Waals surface area contributed by atoms with Crippen molar-refractivity contribution in [3.63, 3.8) is 0 Å². The van der Waals surface area contributed by atoms with Gasteiger partial charge in [0.1, 0.15) is 11.5 Å². The van der Waals surface area contributed by atoms with E-state index in [1.165, 1.54) is 10.9 Å². The molecule has 1 saturated carbocycles. The number of benzene rings is 2. The summed E-state index contributed by atoms with van der Waals surface area (Å²) in [6.07, 6.45) is 1.83. The van der Waals surface area contributed by atoms with Crippen molar-refractivity contribution in [2.45, 2.75) is 24.8 Å². The zero-order valence-electron chi connectivity index (χ0n) is 13.7. The Morgan fingerprint density at radius 1 is 1.13 bits per heavy atom. The van der Waals surface area contributed by atoms with Crippen LogP contribution in [0.5, 0.6) is 11.5 Å². The van der Waals surface area contributed by atoms with E-state index >= 15 is 0 Å². The first-order valence-electron chi connectivity index (χ1n) is 7.79. The molecule has 0 heterocycles. The molecule has 0 bridgehead atoms. The van der Waals surface area contributed by atoms with Crippen LogP contribution in [0.3, 0.4) is 0 Å². The molecule has 0 aromatic heterocycles. The van der Waals surface area contributed by atoms with Crippen LogP contribution >= 0.6 is 0 Å². The molecule has 122 valence electrons. The van der Waals surface area contributed by atoms with Crippen LogP contribution in [0.2, 0.25) is 0 Å². The van der Waals surface area contributed by atoms with Crippen molar-refractivity contribution in [3.05, 3.63) is 35.9 Å². The third-order valence-corrected chi connectivity index (χ3v) is 4.56. The van der Waals surface area contributed by atoms with E-state index in [1.54, 1.807) is 21.3 Å². The number of rotatable bonds is 4. The third kappa shape index (κ3) is 2.91. The molecule has 23 heavy (non-hydrogen) atoms. The number of carbonyl (C=O) groups excluding carboxylic acids is 1. The maximum absolute atomic E-state index is 11.4. The average Bonchev–Trinajstić information content (AvgIpc) is 2.56. The molecule has 1 aliphatic rings. The first-order chi connectivity index (χ1) is 11.2. The summed E-state index contributed by atoms with van der Waals surface area (Å²) in [6, 6.07) is 10.3. The molecule has 5 heteroatoms. The zero-order valence-corrected chi connectivity index (χ0v) is 13.7. The molecule has 1 aliphatic carbocycles. The molecule has 2 amide bonds. The lowest BCUT2D eigenvalue weighted by molar-refractivity contribution is 0.224. The van der Waals surface area contributed by atoms with Gasteiger partial charge in [-0.05, 0) is 47.7 Å². The summed E-state index contributed by atoms with van der Waals surface area (Å²) in [5.74, 6) is 2.11. The van der Waals surface area contributed by atoms with Crippen LogP contribution in [0, 0.1) is 0 Å². The number of nitrogens with one attached hydrogen (secondary N) is 2.